The standard InChI is InChI=1S/C20H20N4O3S/c25-20-14-23(13-17-12-21-15-22-17)28(26,27)19-9-5-4-8-18(19)24(20)11-10-16-6-2-1-3-7-16/h1-9,12,15H,10-11,13-14H2,(H,21,22). The molecule has 0 aliphatic carbocycles. The van der Waals surface area contributed by atoms with Gasteiger partial charge in [0.05, 0.1) is 30.8 Å². The van der Waals surface area contributed by atoms with Crippen LogP contribution < -0.4 is 4.90 Å². The number of hydrogen-bond donors (Lipinski definition) is 1. The molecule has 0 saturated carbocycles. The molecular formula is C20H20N4O3S. The van der Waals surface area contributed by atoms with Gasteiger partial charge in [0.1, 0.15) is 4.90 Å². The highest BCUT2D eigenvalue weighted by Crippen LogP contribution is 2.32. The number of benzene rings is 2. The van der Waals surface area contributed by atoms with Gasteiger partial charge in [-0.05, 0) is 24.1 Å². The zero-order valence-corrected chi connectivity index (χ0v) is 16.0. The average Bonchev–Trinajstić information content (AvgIpc) is 3.19. The first kappa shape index (κ1) is 18.4. The van der Waals surface area contributed by atoms with E-state index in [1.54, 1.807) is 35.4 Å². The third-order valence-electron chi connectivity index (χ3n) is 4.75. The summed E-state index contributed by atoms with van der Waals surface area (Å²) in [6.07, 6.45) is 3.76. The molecule has 1 aromatic heterocycles. The fourth-order valence-electron chi connectivity index (χ4n) is 3.32. The largest absolute Gasteiger partial charge is 0.351 e. The second kappa shape index (κ2) is 7.57. The number of aromatic nitrogens is 2. The Morgan fingerprint density at radius 1 is 1.04 bits per heavy atom. The van der Waals surface area contributed by atoms with Crippen LogP contribution in [0.1, 0.15) is 11.3 Å². The topological polar surface area (TPSA) is 86.4 Å². The van der Waals surface area contributed by atoms with Crippen molar-refractivity contribution in [1.29, 1.82) is 0 Å². The summed E-state index contributed by atoms with van der Waals surface area (Å²) in [7, 11) is -3.83. The van der Waals surface area contributed by atoms with Gasteiger partial charge >= 0.3 is 0 Å². The van der Waals surface area contributed by atoms with Gasteiger partial charge < -0.3 is 9.88 Å². The number of aromatic amines is 1. The number of nitrogens with one attached hydrogen (secondary N) is 1. The Balaban J connectivity index is 1.68. The van der Waals surface area contributed by atoms with E-state index in [2.05, 4.69) is 9.97 Å². The van der Waals surface area contributed by atoms with E-state index in [9.17, 15) is 13.2 Å². The zero-order chi connectivity index (χ0) is 19.6. The summed E-state index contributed by atoms with van der Waals surface area (Å²) < 4.78 is 27.6. The number of hydrogen-bond acceptors (Lipinski definition) is 4. The highest BCUT2D eigenvalue weighted by Gasteiger charge is 2.36. The average molecular weight is 396 g/mol. The number of imidazole rings is 1. The highest BCUT2D eigenvalue weighted by atomic mass is 32.2. The molecule has 0 spiro atoms. The number of para-hydroxylation sites is 1. The molecule has 0 bridgehead atoms. The van der Waals surface area contributed by atoms with Gasteiger partial charge in [0, 0.05) is 12.7 Å². The van der Waals surface area contributed by atoms with Crippen LogP contribution in [-0.2, 0) is 27.8 Å². The van der Waals surface area contributed by atoms with Crippen LogP contribution in [-0.4, -0.2) is 41.7 Å². The Bertz CT molecular complexity index is 1070. The maximum atomic E-state index is 13.2. The first-order chi connectivity index (χ1) is 13.6. The lowest BCUT2D eigenvalue weighted by Gasteiger charge is -2.22. The molecule has 1 aliphatic heterocycles. The number of sulfonamides is 1. The SMILES string of the molecule is O=C1CN(Cc2c[nH]cn2)S(=O)(=O)c2ccccc2N1CCc1ccccc1. The van der Waals surface area contributed by atoms with Crippen LogP contribution in [0, 0.1) is 0 Å². The number of carbonyl (C=O) groups excluding carboxylic acids is 1. The van der Waals surface area contributed by atoms with Gasteiger partial charge in [0.25, 0.3) is 0 Å². The maximum absolute atomic E-state index is 13.2. The molecule has 4 rings (SSSR count). The molecule has 0 radical (unpaired) electrons. The molecule has 0 atom stereocenters. The monoisotopic (exact) mass is 396 g/mol. The summed E-state index contributed by atoms with van der Waals surface area (Å²) in [5, 5.41) is 0. The quantitative estimate of drug-likeness (QED) is 0.716. The lowest BCUT2D eigenvalue weighted by Crippen LogP contribution is -2.40. The second-order valence-corrected chi connectivity index (χ2v) is 8.49. The second-order valence-electron chi connectivity index (χ2n) is 6.58. The summed E-state index contributed by atoms with van der Waals surface area (Å²) in [4.78, 5) is 21.6. The van der Waals surface area contributed by atoms with Gasteiger partial charge in [-0.1, -0.05) is 42.5 Å². The molecule has 1 N–H and O–H groups in total. The molecule has 2 aromatic carbocycles. The fourth-order valence-corrected chi connectivity index (χ4v) is 4.88. The van der Waals surface area contributed by atoms with Crippen LogP contribution >= 0.6 is 0 Å². The van der Waals surface area contributed by atoms with Crippen molar-refractivity contribution in [2.75, 3.05) is 18.0 Å². The summed E-state index contributed by atoms with van der Waals surface area (Å²) >= 11 is 0. The Kier molecular flexibility index (Phi) is 4.97. The third kappa shape index (κ3) is 3.56. The molecule has 0 fully saturated rings. The molecule has 28 heavy (non-hydrogen) atoms. The van der Waals surface area contributed by atoms with Crippen LogP contribution in [0.4, 0.5) is 5.69 Å². The van der Waals surface area contributed by atoms with Crippen LogP contribution in [0.25, 0.3) is 0 Å². The predicted octanol–water partition coefficient (Wildman–Crippen LogP) is 2.19. The zero-order valence-electron chi connectivity index (χ0n) is 15.2. The van der Waals surface area contributed by atoms with Gasteiger partial charge in [-0.15, -0.1) is 0 Å². The molecule has 144 valence electrons. The normalized spacial score (nSPS) is 16.6. The number of anilines is 1. The molecule has 1 amide bonds. The fraction of sp³-hybridized carbons (Fsp3) is 0.200. The van der Waals surface area contributed by atoms with Crippen LogP contribution in [0.15, 0.2) is 72.0 Å². The highest BCUT2D eigenvalue weighted by molar-refractivity contribution is 7.89. The van der Waals surface area contributed by atoms with Gasteiger partial charge in [-0.2, -0.15) is 4.31 Å². The Hall–Kier alpha value is -2.97. The Morgan fingerprint density at radius 3 is 2.54 bits per heavy atom. The lowest BCUT2D eigenvalue weighted by molar-refractivity contribution is -0.118. The van der Waals surface area contributed by atoms with Crippen molar-refractivity contribution in [3.05, 3.63) is 78.4 Å². The number of nitrogens with zero attached hydrogens (tertiary/aromatic N) is 3. The molecule has 7 nitrogen and oxygen atoms in total. The Labute approximate surface area is 163 Å². The van der Waals surface area contributed by atoms with Gasteiger partial charge in [0.15, 0.2) is 0 Å². The van der Waals surface area contributed by atoms with Crippen molar-refractivity contribution < 1.29 is 13.2 Å². The molecule has 0 unspecified atom stereocenters. The van der Waals surface area contributed by atoms with E-state index in [0.29, 0.717) is 24.3 Å². The smallest absolute Gasteiger partial charge is 0.245 e. The molecule has 2 heterocycles. The molecule has 0 saturated heterocycles. The van der Waals surface area contributed by atoms with Crippen molar-refractivity contribution >= 4 is 21.6 Å². The first-order valence-corrected chi connectivity index (χ1v) is 10.4. The Morgan fingerprint density at radius 2 is 1.79 bits per heavy atom. The van der Waals surface area contributed by atoms with E-state index in [1.807, 2.05) is 30.3 Å². The first-order valence-electron chi connectivity index (χ1n) is 8.97. The van der Waals surface area contributed by atoms with Crippen molar-refractivity contribution in [3.8, 4) is 0 Å². The van der Waals surface area contributed by atoms with E-state index < -0.39 is 10.0 Å². The number of carbonyl (C=O) groups is 1. The van der Waals surface area contributed by atoms with E-state index in [-0.39, 0.29) is 23.9 Å². The molecule has 1 aliphatic rings. The van der Waals surface area contributed by atoms with Crippen LogP contribution in [0.2, 0.25) is 0 Å². The minimum Gasteiger partial charge on any atom is -0.351 e. The summed E-state index contributed by atoms with van der Waals surface area (Å²) in [5.74, 6) is -0.250. The van der Waals surface area contributed by atoms with Gasteiger partial charge in [0.2, 0.25) is 15.9 Å². The number of fused-ring (bicyclic) bond motifs is 1. The maximum Gasteiger partial charge on any atom is 0.245 e. The van der Waals surface area contributed by atoms with Crippen molar-refractivity contribution in [3.63, 3.8) is 0 Å². The minimum atomic E-state index is -3.83. The molecule has 8 heteroatoms. The summed E-state index contributed by atoms with van der Waals surface area (Å²) in [5.41, 5.74) is 2.08. The van der Waals surface area contributed by atoms with Crippen LogP contribution in [0.3, 0.4) is 0 Å². The van der Waals surface area contributed by atoms with Crippen LogP contribution in [0.5, 0.6) is 0 Å². The number of H-pyrrole nitrogens is 1. The van der Waals surface area contributed by atoms with Gasteiger partial charge in [-0.25, -0.2) is 13.4 Å². The van der Waals surface area contributed by atoms with Crippen molar-refractivity contribution in [2.24, 2.45) is 0 Å². The van der Waals surface area contributed by atoms with Crippen molar-refractivity contribution in [1.82, 2.24) is 14.3 Å². The lowest BCUT2D eigenvalue weighted by atomic mass is 10.1. The third-order valence-corrected chi connectivity index (χ3v) is 6.59. The summed E-state index contributed by atoms with van der Waals surface area (Å²) in [6.45, 7) is 0.225. The van der Waals surface area contributed by atoms with Crippen molar-refractivity contribution in [2.45, 2.75) is 17.9 Å². The predicted molar refractivity (Wildman–Crippen MR) is 105 cm³/mol. The van der Waals surface area contributed by atoms with E-state index in [0.717, 1.165) is 5.56 Å². The van der Waals surface area contributed by atoms with E-state index in [4.69, 9.17) is 0 Å². The molecule has 3 aromatic rings. The molecular weight excluding hydrogens is 376 g/mol. The van der Waals surface area contributed by atoms with E-state index in [1.165, 1.54) is 10.6 Å². The number of rotatable bonds is 5. The minimum absolute atomic E-state index is 0.0401. The number of amides is 1. The summed E-state index contributed by atoms with van der Waals surface area (Å²) in [6, 6.07) is 16.5. The van der Waals surface area contributed by atoms with E-state index >= 15 is 0 Å². The van der Waals surface area contributed by atoms with Gasteiger partial charge in [-0.3, -0.25) is 4.79 Å².